The van der Waals surface area contributed by atoms with Crippen LogP contribution in [-0.4, -0.2) is 17.1 Å². The van der Waals surface area contributed by atoms with Gasteiger partial charge in [0.25, 0.3) is 0 Å². The third kappa shape index (κ3) is 2.35. The molecule has 7 heteroatoms. The number of hydrogen-bond acceptors (Lipinski definition) is 5. The first kappa shape index (κ1) is 12.6. The number of halogens is 2. The molecule has 0 aliphatic heterocycles. The van der Waals surface area contributed by atoms with Crippen molar-refractivity contribution in [2.24, 2.45) is 0 Å². The van der Waals surface area contributed by atoms with Crippen molar-refractivity contribution < 1.29 is 9.13 Å². The third-order valence-electron chi connectivity index (χ3n) is 2.24. The molecule has 0 aliphatic rings. The molecule has 2 aromatic rings. The first-order chi connectivity index (χ1) is 8.63. The highest BCUT2D eigenvalue weighted by Gasteiger charge is 2.13. The summed E-state index contributed by atoms with van der Waals surface area (Å²) in [6, 6.07) is 4.64. The zero-order valence-corrected chi connectivity index (χ0v) is 11.0. The van der Waals surface area contributed by atoms with Crippen LogP contribution in [0.4, 0.5) is 21.7 Å². The zero-order chi connectivity index (χ0) is 13.1. The van der Waals surface area contributed by atoms with Gasteiger partial charge in [-0.15, -0.1) is 0 Å². The second-order valence-electron chi connectivity index (χ2n) is 3.36. The highest BCUT2D eigenvalue weighted by Crippen LogP contribution is 2.33. The van der Waals surface area contributed by atoms with Gasteiger partial charge < -0.3 is 15.8 Å². The molecule has 0 spiro atoms. The lowest BCUT2D eigenvalue weighted by molar-refractivity contribution is 0.415. The fraction of sp³-hybridized carbons (Fsp3) is 0.0909. The van der Waals surface area contributed by atoms with Crippen molar-refractivity contribution in [3.63, 3.8) is 0 Å². The van der Waals surface area contributed by atoms with E-state index in [-0.39, 0.29) is 17.3 Å². The summed E-state index contributed by atoms with van der Waals surface area (Å²) in [5.74, 6) is 0.342. The Bertz CT molecular complexity index is 559. The molecule has 2 rings (SSSR count). The molecule has 0 bridgehead atoms. The Morgan fingerprint density at radius 2 is 2.17 bits per heavy atom. The molecule has 0 aliphatic carbocycles. The van der Waals surface area contributed by atoms with Gasteiger partial charge in [-0.3, -0.25) is 0 Å². The van der Waals surface area contributed by atoms with Gasteiger partial charge in [0, 0.05) is 4.47 Å². The minimum absolute atomic E-state index is 0.183. The minimum atomic E-state index is -0.413. The normalized spacial score (nSPS) is 10.2. The Morgan fingerprint density at radius 1 is 1.39 bits per heavy atom. The number of nitrogen functional groups attached to an aromatic ring is 1. The third-order valence-corrected chi connectivity index (χ3v) is 2.90. The molecular formula is C11H10BrFN4O. The van der Waals surface area contributed by atoms with Crippen molar-refractivity contribution in [3.8, 4) is 5.75 Å². The fourth-order valence-electron chi connectivity index (χ4n) is 1.41. The quantitative estimate of drug-likeness (QED) is 0.911. The van der Waals surface area contributed by atoms with Crippen LogP contribution >= 0.6 is 15.9 Å². The number of ether oxygens (including phenoxy) is 1. The van der Waals surface area contributed by atoms with Gasteiger partial charge in [0.2, 0.25) is 5.75 Å². The number of hydrogen-bond donors (Lipinski definition) is 2. The summed E-state index contributed by atoms with van der Waals surface area (Å²) in [6.07, 6.45) is 1.27. The van der Waals surface area contributed by atoms with E-state index in [9.17, 15) is 4.39 Å². The fourth-order valence-corrected chi connectivity index (χ4v) is 1.85. The van der Waals surface area contributed by atoms with E-state index in [1.807, 2.05) is 0 Å². The van der Waals surface area contributed by atoms with Crippen LogP contribution in [0.1, 0.15) is 0 Å². The van der Waals surface area contributed by atoms with Crippen molar-refractivity contribution in [2.75, 3.05) is 18.2 Å². The van der Waals surface area contributed by atoms with E-state index in [1.165, 1.54) is 19.5 Å². The molecule has 0 radical (unpaired) electrons. The second-order valence-corrected chi connectivity index (χ2v) is 4.22. The van der Waals surface area contributed by atoms with Crippen LogP contribution in [0.2, 0.25) is 0 Å². The van der Waals surface area contributed by atoms with Crippen LogP contribution in [-0.2, 0) is 0 Å². The van der Waals surface area contributed by atoms with Crippen molar-refractivity contribution in [1.29, 1.82) is 0 Å². The maximum Gasteiger partial charge on any atom is 0.204 e. The van der Waals surface area contributed by atoms with Crippen LogP contribution in [0.3, 0.4) is 0 Å². The first-order valence-electron chi connectivity index (χ1n) is 4.99. The molecule has 0 unspecified atom stereocenters. The molecule has 0 amide bonds. The van der Waals surface area contributed by atoms with Gasteiger partial charge in [0.15, 0.2) is 11.6 Å². The molecule has 18 heavy (non-hydrogen) atoms. The maximum absolute atomic E-state index is 13.7. The largest absolute Gasteiger partial charge is 0.490 e. The molecule has 0 saturated heterocycles. The Hall–Kier alpha value is -1.89. The van der Waals surface area contributed by atoms with Gasteiger partial charge >= 0.3 is 0 Å². The lowest BCUT2D eigenvalue weighted by Gasteiger charge is -2.12. The SMILES string of the molecule is COc1c(N)ncnc1Nc1c(F)cccc1Br. The van der Waals surface area contributed by atoms with Gasteiger partial charge in [0.05, 0.1) is 12.8 Å². The summed E-state index contributed by atoms with van der Waals surface area (Å²) >= 11 is 3.25. The summed E-state index contributed by atoms with van der Waals surface area (Å²) < 4.78 is 19.3. The van der Waals surface area contributed by atoms with E-state index >= 15 is 0 Å². The molecule has 94 valence electrons. The second kappa shape index (κ2) is 5.18. The lowest BCUT2D eigenvalue weighted by Crippen LogP contribution is -2.04. The van der Waals surface area contributed by atoms with E-state index in [0.717, 1.165) is 0 Å². The van der Waals surface area contributed by atoms with E-state index in [4.69, 9.17) is 10.5 Å². The number of rotatable bonds is 3. The van der Waals surface area contributed by atoms with E-state index in [2.05, 4.69) is 31.2 Å². The van der Waals surface area contributed by atoms with E-state index in [0.29, 0.717) is 10.3 Å². The van der Waals surface area contributed by atoms with Crippen molar-refractivity contribution >= 4 is 33.3 Å². The van der Waals surface area contributed by atoms with Crippen LogP contribution < -0.4 is 15.8 Å². The monoisotopic (exact) mass is 312 g/mol. The van der Waals surface area contributed by atoms with Gasteiger partial charge in [-0.25, -0.2) is 14.4 Å². The molecule has 1 aromatic heterocycles. The summed E-state index contributed by atoms with van der Waals surface area (Å²) in [5, 5.41) is 2.82. The number of nitrogens with one attached hydrogen (secondary N) is 1. The maximum atomic E-state index is 13.7. The van der Waals surface area contributed by atoms with Crippen LogP contribution in [0.5, 0.6) is 5.75 Å². The van der Waals surface area contributed by atoms with Crippen LogP contribution in [0.25, 0.3) is 0 Å². The summed E-state index contributed by atoms with van der Waals surface area (Å²) in [5.41, 5.74) is 5.90. The number of anilines is 3. The Morgan fingerprint density at radius 3 is 2.83 bits per heavy atom. The van der Waals surface area contributed by atoms with Gasteiger partial charge in [-0.1, -0.05) is 6.07 Å². The summed E-state index contributed by atoms with van der Waals surface area (Å²) in [7, 11) is 1.44. The van der Waals surface area contributed by atoms with Crippen LogP contribution in [0.15, 0.2) is 29.0 Å². The molecule has 5 nitrogen and oxygen atoms in total. The highest BCUT2D eigenvalue weighted by atomic mass is 79.9. The summed E-state index contributed by atoms with van der Waals surface area (Å²) in [4.78, 5) is 7.77. The zero-order valence-electron chi connectivity index (χ0n) is 9.45. The molecule has 1 heterocycles. The Balaban J connectivity index is 2.43. The van der Waals surface area contributed by atoms with Crippen LogP contribution in [0, 0.1) is 5.82 Å². The highest BCUT2D eigenvalue weighted by molar-refractivity contribution is 9.10. The van der Waals surface area contributed by atoms with Gasteiger partial charge in [-0.2, -0.15) is 0 Å². The van der Waals surface area contributed by atoms with E-state index < -0.39 is 5.82 Å². The van der Waals surface area contributed by atoms with Gasteiger partial charge in [-0.05, 0) is 28.1 Å². The lowest BCUT2D eigenvalue weighted by atomic mass is 10.3. The molecule has 3 N–H and O–H groups in total. The molecular weight excluding hydrogens is 303 g/mol. The van der Waals surface area contributed by atoms with Crippen molar-refractivity contribution in [3.05, 3.63) is 34.8 Å². The molecule has 1 aromatic carbocycles. The Kier molecular flexibility index (Phi) is 3.61. The number of methoxy groups -OCH3 is 1. The topological polar surface area (TPSA) is 73.1 Å². The first-order valence-corrected chi connectivity index (χ1v) is 5.78. The average Bonchev–Trinajstić information content (AvgIpc) is 2.34. The predicted molar refractivity (Wildman–Crippen MR) is 70.4 cm³/mol. The van der Waals surface area contributed by atoms with Crippen molar-refractivity contribution in [1.82, 2.24) is 9.97 Å². The standard InChI is InChI=1S/C11H10BrFN4O/c1-18-9-10(14)15-5-16-11(9)17-8-6(12)3-2-4-7(8)13/h2-5H,1H3,(H3,14,15,16,17). The molecule has 0 atom stereocenters. The number of para-hydroxylation sites is 1. The number of aromatic nitrogens is 2. The molecule has 0 fully saturated rings. The predicted octanol–water partition coefficient (Wildman–Crippen LogP) is 2.71. The average molecular weight is 313 g/mol. The number of benzene rings is 1. The summed E-state index contributed by atoms with van der Waals surface area (Å²) in [6.45, 7) is 0. The van der Waals surface area contributed by atoms with E-state index in [1.54, 1.807) is 12.1 Å². The minimum Gasteiger partial charge on any atom is -0.490 e. The van der Waals surface area contributed by atoms with Gasteiger partial charge in [0.1, 0.15) is 12.1 Å². The molecule has 0 saturated carbocycles. The van der Waals surface area contributed by atoms with Crippen molar-refractivity contribution in [2.45, 2.75) is 0 Å². The smallest absolute Gasteiger partial charge is 0.204 e. The number of nitrogens with zero attached hydrogens (tertiary/aromatic N) is 2. The Labute approximate surface area is 111 Å². The number of nitrogens with two attached hydrogens (primary N) is 1.